The Hall–Kier alpha value is -1.22. The summed E-state index contributed by atoms with van der Waals surface area (Å²) >= 11 is 0. The van der Waals surface area contributed by atoms with Crippen LogP contribution in [-0.4, -0.2) is 14.2 Å². The Morgan fingerprint density at radius 2 is 1.94 bits per heavy atom. The molecule has 88 valence electrons. The van der Waals surface area contributed by atoms with E-state index in [9.17, 15) is 0 Å². The van der Waals surface area contributed by atoms with Gasteiger partial charge in [-0.25, -0.2) is 0 Å². The molecule has 0 heterocycles. The molecule has 3 heteroatoms. The maximum atomic E-state index is 6.14. The Morgan fingerprint density at radius 1 is 1.19 bits per heavy atom. The minimum absolute atomic E-state index is 0.107. The van der Waals surface area contributed by atoms with Crippen LogP contribution in [0.2, 0.25) is 0 Å². The van der Waals surface area contributed by atoms with Crippen molar-refractivity contribution in [2.45, 2.75) is 31.7 Å². The average molecular weight is 221 g/mol. The van der Waals surface area contributed by atoms with E-state index in [4.69, 9.17) is 15.2 Å². The van der Waals surface area contributed by atoms with Crippen LogP contribution in [0, 0.1) is 0 Å². The minimum Gasteiger partial charge on any atom is -0.497 e. The van der Waals surface area contributed by atoms with Gasteiger partial charge in [-0.15, -0.1) is 0 Å². The molecule has 1 unspecified atom stereocenters. The number of rotatable bonds is 2. The smallest absolute Gasteiger partial charge is 0.126 e. The van der Waals surface area contributed by atoms with E-state index in [1.54, 1.807) is 14.2 Å². The predicted molar refractivity (Wildman–Crippen MR) is 64.1 cm³/mol. The molecule has 1 aliphatic carbocycles. The lowest BCUT2D eigenvalue weighted by atomic mass is 9.80. The number of hydrogen-bond acceptors (Lipinski definition) is 3. The third-order valence-corrected chi connectivity index (χ3v) is 3.41. The third kappa shape index (κ3) is 1.76. The largest absolute Gasteiger partial charge is 0.497 e. The second-order valence-electron chi connectivity index (χ2n) is 4.42. The van der Waals surface area contributed by atoms with Gasteiger partial charge in [-0.3, -0.25) is 0 Å². The average Bonchev–Trinajstić information content (AvgIpc) is 2.32. The van der Waals surface area contributed by atoms with E-state index in [0.717, 1.165) is 24.3 Å². The van der Waals surface area contributed by atoms with Gasteiger partial charge in [0.25, 0.3) is 0 Å². The highest BCUT2D eigenvalue weighted by Gasteiger charge is 2.26. The summed E-state index contributed by atoms with van der Waals surface area (Å²) < 4.78 is 10.7. The molecule has 16 heavy (non-hydrogen) atoms. The van der Waals surface area contributed by atoms with Gasteiger partial charge in [-0.1, -0.05) is 6.92 Å². The topological polar surface area (TPSA) is 44.5 Å². The van der Waals surface area contributed by atoms with Crippen LogP contribution in [0.25, 0.3) is 0 Å². The molecule has 3 nitrogen and oxygen atoms in total. The SMILES string of the molecule is COc1cc(OC)c2c(c1)[C@@H](N)CCC2C. The molecule has 0 fully saturated rings. The Balaban J connectivity index is 2.58. The van der Waals surface area contributed by atoms with Crippen molar-refractivity contribution >= 4 is 0 Å². The first-order valence-electron chi connectivity index (χ1n) is 5.68. The van der Waals surface area contributed by atoms with E-state index in [1.165, 1.54) is 11.1 Å². The molecule has 0 bridgehead atoms. The fraction of sp³-hybridized carbons (Fsp3) is 0.538. The van der Waals surface area contributed by atoms with Crippen molar-refractivity contribution < 1.29 is 9.47 Å². The lowest BCUT2D eigenvalue weighted by Crippen LogP contribution is -2.20. The second-order valence-corrected chi connectivity index (χ2v) is 4.42. The van der Waals surface area contributed by atoms with E-state index in [1.807, 2.05) is 12.1 Å². The predicted octanol–water partition coefficient (Wildman–Crippen LogP) is 2.60. The molecular formula is C13H19NO2. The molecule has 0 spiro atoms. The van der Waals surface area contributed by atoms with Crippen molar-refractivity contribution in [3.05, 3.63) is 23.3 Å². The molecular weight excluding hydrogens is 202 g/mol. The summed E-state index contributed by atoms with van der Waals surface area (Å²) in [7, 11) is 3.36. The fourth-order valence-electron chi connectivity index (χ4n) is 2.47. The number of nitrogens with two attached hydrogens (primary N) is 1. The van der Waals surface area contributed by atoms with Gasteiger partial charge < -0.3 is 15.2 Å². The van der Waals surface area contributed by atoms with Gasteiger partial charge >= 0.3 is 0 Å². The summed E-state index contributed by atoms with van der Waals surface area (Å²) in [4.78, 5) is 0. The van der Waals surface area contributed by atoms with Crippen LogP contribution in [0.5, 0.6) is 11.5 Å². The molecule has 1 aliphatic rings. The molecule has 0 amide bonds. The molecule has 0 saturated carbocycles. The van der Waals surface area contributed by atoms with Crippen molar-refractivity contribution in [2.24, 2.45) is 5.73 Å². The molecule has 0 saturated heterocycles. The summed E-state index contributed by atoms with van der Waals surface area (Å²) in [6.45, 7) is 2.22. The van der Waals surface area contributed by atoms with Crippen LogP contribution in [0.4, 0.5) is 0 Å². The van der Waals surface area contributed by atoms with Crippen molar-refractivity contribution in [3.8, 4) is 11.5 Å². The zero-order chi connectivity index (χ0) is 11.7. The van der Waals surface area contributed by atoms with Crippen LogP contribution >= 0.6 is 0 Å². The molecule has 0 radical (unpaired) electrons. The summed E-state index contributed by atoms with van der Waals surface area (Å²) in [5.74, 6) is 2.23. The monoisotopic (exact) mass is 221 g/mol. The van der Waals surface area contributed by atoms with Gasteiger partial charge in [0.2, 0.25) is 0 Å². The Morgan fingerprint density at radius 3 is 2.56 bits per heavy atom. The highest BCUT2D eigenvalue weighted by atomic mass is 16.5. The first-order valence-corrected chi connectivity index (χ1v) is 5.68. The van der Waals surface area contributed by atoms with Gasteiger partial charge in [0.1, 0.15) is 11.5 Å². The molecule has 1 aromatic rings. The normalized spacial score (nSPS) is 23.8. The Kier molecular flexibility index (Phi) is 3.06. The summed E-state index contributed by atoms with van der Waals surface area (Å²) in [5, 5.41) is 0. The van der Waals surface area contributed by atoms with E-state index in [-0.39, 0.29) is 6.04 Å². The van der Waals surface area contributed by atoms with Gasteiger partial charge in [-0.2, -0.15) is 0 Å². The van der Waals surface area contributed by atoms with Gasteiger partial charge in [0.15, 0.2) is 0 Å². The van der Waals surface area contributed by atoms with Crippen molar-refractivity contribution in [1.82, 2.24) is 0 Å². The lowest BCUT2D eigenvalue weighted by molar-refractivity contribution is 0.379. The summed E-state index contributed by atoms with van der Waals surface area (Å²) in [6.07, 6.45) is 2.15. The number of ether oxygens (including phenoxy) is 2. The molecule has 1 aromatic carbocycles. The van der Waals surface area contributed by atoms with E-state index < -0.39 is 0 Å². The zero-order valence-electron chi connectivity index (χ0n) is 10.1. The van der Waals surface area contributed by atoms with E-state index >= 15 is 0 Å². The third-order valence-electron chi connectivity index (χ3n) is 3.41. The first kappa shape index (κ1) is 11.3. The molecule has 0 aliphatic heterocycles. The van der Waals surface area contributed by atoms with Crippen molar-refractivity contribution in [3.63, 3.8) is 0 Å². The quantitative estimate of drug-likeness (QED) is 0.834. The van der Waals surface area contributed by atoms with Crippen LogP contribution in [0.1, 0.15) is 42.9 Å². The minimum atomic E-state index is 0.107. The summed E-state index contributed by atoms with van der Waals surface area (Å²) in [5.41, 5.74) is 8.57. The number of benzene rings is 1. The molecule has 2 N–H and O–H groups in total. The summed E-state index contributed by atoms with van der Waals surface area (Å²) in [6, 6.07) is 4.08. The molecule has 2 rings (SSSR count). The standard InChI is InChI=1S/C13H19NO2/c1-8-4-5-11(14)10-6-9(15-2)7-12(16-3)13(8)10/h6-8,11H,4-5,14H2,1-3H3/t8?,11-/m0/s1. The van der Waals surface area contributed by atoms with E-state index in [2.05, 4.69) is 6.92 Å². The second kappa shape index (κ2) is 4.34. The van der Waals surface area contributed by atoms with Crippen LogP contribution in [-0.2, 0) is 0 Å². The maximum Gasteiger partial charge on any atom is 0.126 e. The van der Waals surface area contributed by atoms with Gasteiger partial charge in [0.05, 0.1) is 14.2 Å². The number of fused-ring (bicyclic) bond motifs is 1. The highest BCUT2D eigenvalue weighted by Crippen LogP contribution is 2.43. The molecule has 2 atom stereocenters. The van der Waals surface area contributed by atoms with Crippen LogP contribution in [0.15, 0.2) is 12.1 Å². The van der Waals surface area contributed by atoms with Crippen molar-refractivity contribution in [1.29, 1.82) is 0 Å². The van der Waals surface area contributed by atoms with Gasteiger partial charge in [-0.05, 0) is 30.4 Å². The Labute approximate surface area is 96.5 Å². The van der Waals surface area contributed by atoms with Crippen LogP contribution < -0.4 is 15.2 Å². The van der Waals surface area contributed by atoms with Crippen LogP contribution in [0.3, 0.4) is 0 Å². The number of hydrogen-bond donors (Lipinski definition) is 1. The maximum absolute atomic E-state index is 6.14. The fourth-order valence-corrected chi connectivity index (χ4v) is 2.47. The van der Waals surface area contributed by atoms with Gasteiger partial charge in [0, 0.05) is 17.7 Å². The Bertz CT molecular complexity index is 390. The van der Waals surface area contributed by atoms with E-state index in [0.29, 0.717) is 5.92 Å². The first-order chi connectivity index (χ1) is 7.67. The number of methoxy groups -OCH3 is 2. The lowest BCUT2D eigenvalue weighted by Gasteiger charge is -2.29. The zero-order valence-corrected chi connectivity index (χ0v) is 10.1. The van der Waals surface area contributed by atoms with Crippen molar-refractivity contribution in [2.75, 3.05) is 14.2 Å². The molecule has 0 aromatic heterocycles. The highest BCUT2D eigenvalue weighted by molar-refractivity contribution is 5.50.